The van der Waals surface area contributed by atoms with Gasteiger partial charge in [0.25, 0.3) is 0 Å². The first-order valence-electron chi connectivity index (χ1n) is 7.87. The highest BCUT2D eigenvalue weighted by atomic mass is 32.2. The highest BCUT2D eigenvalue weighted by molar-refractivity contribution is 7.87. The van der Waals surface area contributed by atoms with Gasteiger partial charge in [-0.2, -0.15) is 8.42 Å². The maximum absolute atomic E-state index is 12.4. The van der Waals surface area contributed by atoms with Crippen molar-refractivity contribution in [2.75, 3.05) is 6.61 Å². The maximum Gasteiger partial charge on any atom is 0.339 e. The minimum Gasteiger partial charge on any atom is -0.494 e. The van der Waals surface area contributed by atoms with E-state index >= 15 is 0 Å². The second-order valence-electron chi connectivity index (χ2n) is 5.58. The minimum atomic E-state index is -3.83. The molecule has 0 saturated carbocycles. The van der Waals surface area contributed by atoms with Crippen LogP contribution in [-0.4, -0.2) is 15.0 Å². The maximum atomic E-state index is 12.4. The molecule has 5 heteroatoms. The van der Waals surface area contributed by atoms with Crippen molar-refractivity contribution in [3.8, 4) is 11.5 Å². The lowest BCUT2D eigenvalue weighted by Gasteiger charge is -2.16. The Morgan fingerprint density at radius 3 is 2.26 bits per heavy atom. The second kappa shape index (κ2) is 6.62. The van der Waals surface area contributed by atoms with Crippen LogP contribution in [0.3, 0.4) is 0 Å². The molecule has 4 nitrogen and oxygen atoms in total. The highest BCUT2D eigenvalue weighted by Gasteiger charge is 2.18. The average molecular weight is 332 g/mol. The van der Waals surface area contributed by atoms with Gasteiger partial charge >= 0.3 is 10.1 Å². The molecule has 3 rings (SSSR count). The Balaban J connectivity index is 1.80. The molecule has 2 aromatic rings. The number of benzene rings is 2. The molecular formula is C18H20O4S. The van der Waals surface area contributed by atoms with Crippen molar-refractivity contribution in [1.82, 2.24) is 0 Å². The zero-order chi connectivity index (χ0) is 16.3. The van der Waals surface area contributed by atoms with E-state index in [1.165, 1.54) is 29.7 Å². The van der Waals surface area contributed by atoms with Crippen LogP contribution in [0.2, 0.25) is 0 Å². The van der Waals surface area contributed by atoms with Crippen LogP contribution in [0.25, 0.3) is 0 Å². The molecule has 0 aromatic heterocycles. The normalized spacial score (nSPS) is 14.1. The van der Waals surface area contributed by atoms with E-state index in [2.05, 4.69) is 0 Å². The number of ether oxygens (including phenoxy) is 1. The van der Waals surface area contributed by atoms with Crippen molar-refractivity contribution in [3.63, 3.8) is 0 Å². The van der Waals surface area contributed by atoms with Gasteiger partial charge in [0.05, 0.1) is 6.61 Å². The van der Waals surface area contributed by atoms with Crippen LogP contribution in [-0.2, 0) is 23.0 Å². The molecule has 0 saturated heterocycles. The lowest BCUT2D eigenvalue weighted by atomic mass is 9.92. The molecule has 0 unspecified atom stereocenters. The van der Waals surface area contributed by atoms with Gasteiger partial charge in [-0.3, -0.25) is 0 Å². The van der Waals surface area contributed by atoms with Crippen molar-refractivity contribution < 1.29 is 17.3 Å². The summed E-state index contributed by atoms with van der Waals surface area (Å²) >= 11 is 0. The number of hydrogen-bond acceptors (Lipinski definition) is 4. The van der Waals surface area contributed by atoms with Gasteiger partial charge < -0.3 is 8.92 Å². The molecule has 0 heterocycles. The molecule has 1 aliphatic carbocycles. The van der Waals surface area contributed by atoms with Crippen LogP contribution in [0.5, 0.6) is 11.5 Å². The lowest BCUT2D eigenvalue weighted by Crippen LogP contribution is -2.11. The van der Waals surface area contributed by atoms with Gasteiger partial charge in [-0.25, -0.2) is 0 Å². The van der Waals surface area contributed by atoms with E-state index in [-0.39, 0.29) is 4.90 Å². The highest BCUT2D eigenvalue weighted by Crippen LogP contribution is 2.27. The van der Waals surface area contributed by atoms with E-state index in [0.29, 0.717) is 18.1 Å². The van der Waals surface area contributed by atoms with Crippen LogP contribution in [0, 0.1) is 0 Å². The summed E-state index contributed by atoms with van der Waals surface area (Å²) in [5.41, 5.74) is 2.48. The summed E-state index contributed by atoms with van der Waals surface area (Å²) in [6, 6.07) is 11.8. The summed E-state index contributed by atoms with van der Waals surface area (Å²) in [6.45, 7) is 2.42. The summed E-state index contributed by atoms with van der Waals surface area (Å²) in [6.07, 6.45) is 4.37. The van der Waals surface area contributed by atoms with Crippen molar-refractivity contribution in [2.45, 2.75) is 37.5 Å². The Labute approximate surface area is 137 Å². The fourth-order valence-corrected chi connectivity index (χ4v) is 3.73. The minimum absolute atomic E-state index is 0.124. The predicted octanol–water partition coefficient (Wildman–Crippen LogP) is 3.73. The van der Waals surface area contributed by atoms with Gasteiger partial charge in [0.15, 0.2) is 0 Å². The predicted molar refractivity (Wildman–Crippen MR) is 88.5 cm³/mol. The molecule has 0 bridgehead atoms. The molecule has 23 heavy (non-hydrogen) atoms. The lowest BCUT2D eigenvalue weighted by molar-refractivity contribution is 0.340. The molecule has 1 aliphatic rings. The second-order valence-corrected chi connectivity index (χ2v) is 7.13. The first-order valence-corrected chi connectivity index (χ1v) is 9.28. The van der Waals surface area contributed by atoms with Crippen molar-refractivity contribution in [2.24, 2.45) is 0 Å². The third kappa shape index (κ3) is 3.67. The van der Waals surface area contributed by atoms with E-state index in [1.807, 2.05) is 19.1 Å². The molecule has 0 fully saturated rings. The first-order chi connectivity index (χ1) is 11.1. The van der Waals surface area contributed by atoms with Crippen molar-refractivity contribution >= 4 is 10.1 Å². The van der Waals surface area contributed by atoms with Gasteiger partial charge in [0.2, 0.25) is 0 Å². The quantitative estimate of drug-likeness (QED) is 0.783. The number of hydrogen-bond donors (Lipinski definition) is 0. The number of rotatable bonds is 5. The zero-order valence-electron chi connectivity index (χ0n) is 13.1. The summed E-state index contributed by atoms with van der Waals surface area (Å²) in [5.74, 6) is 1.01. The van der Waals surface area contributed by atoms with Crippen LogP contribution < -0.4 is 8.92 Å². The van der Waals surface area contributed by atoms with Gasteiger partial charge in [0.1, 0.15) is 16.4 Å². The topological polar surface area (TPSA) is 52.6 Å². The smallest absolute Gasteiger partial charge is 0.339 e. The SMILES string of the molecule is CCOc1ccc(S(=O)(=O)Oc2ccc3c(c2)CCCC3)cc1. The summed E-state index contributed by atoms with van der Waals surface area (Å²) in [4.78, 5) is 0.124. The van der Waals surface area contributed by atoms with Crippen LogP contribution in [0.1, 0.15) is 30.9 Å². The van der Waals surface area contributed by atoms with Gasteiger partial charge in [-0.1, -0.05) is 6.07 Å². The Bertz CT molecular complexity index is 779. The monoisotopic (exact) mass is 332 g/mol. The molecule has 0 N–H and O–H groups in total. The van der Waals surface area contributed by atoms with E-state index in [9.17, 15) is 8.42 Å². The molecule has 0 spiro atoms. The fraction of sp³-hybridized carbons (Fsp3) is 0.333. The number of fused-ring (bicyclic) bond motifs is 1. The fourth-order valence-electron chi connectivity index (χ4n) is 2.81. The Hall–Kier alpha value is -2.01. The molecule has 122 valence electrons. The molecule has 0 amide bonds. The van der Waals surface area contributed by atoms with Crippen molar-refractivity contribution in [3.05, 3.63) is 53.6 Å². The Morgan fingerprint density at radius 2 is 1.57 bits per heavy atom. The third-order valence-electron chi connectivity index (χ3n) is 3.95. The zero-order valence-corrected chi connectivity index (χ0v) is 13.9. The Kier molecular flexibility index (Phi) is 4.57. The third-order valence-corrected chi connectivity index (χ3v) is 5.21. The van der Waals surface area contributed by atoms with E-state index in [1.54, 1.807) is 18.2 Å². The van der Waals surface area contributed by atoms with Gasteiger partial charge in [0, 0.05) is 0 Å². The van der Waals surface area contributed by atoms with Crippen LogP contribution in [0.15, 0.2) is 47.4 Å². The van der Waals surface area contributed by atoms with E-state index in [4.69, 9.17) is 8.92 Å². The summed E-state index contributed by atoms with van der Waals surface area (Å²) in [7, 11) is -3.83. The largest absolute Gasteiger partial charge is 0.494 e. The molecule has 0 atom stereocenters. The molecular weight excluding hydrogens is 312 g/mol. The van der Waals surface area contributed by atoms with E-state index < -0.39 is 10.1 Å². The van der Waals surface area contributed by atoms with Crippen LogP contribution in [0.4, 0.5) is 0 Å². The molecule has 0 aliphatic heterocycles. The van der Waals surface area contributed by atoms with Gasteiger partial charge in [-0.15, -0.1) is 0 Å². The summed E-state index contributed by atoms with van der Waals surface area (Å²) in [5, 5.41) is 0. The Morgan fingerprint density at radius 1 is 0.913 bits per heavy atom. The van der Waals surface area contributed by atoms with Crippen molar-refractivity contribution in [1.29, 1.82) is 0 Å². The first kappa shape index (κ1) is 15.9. The average Bonchev–Trinajstić information content (AvgIpc) is 2.55. The molecule has 2 aromatic carbocycles. The molecule has 0 radical (unpaired) electrons. The summed E-state index contributed by atoms with van der Waals surface area (Å²) < 4.78 is 35.4. The standard InChI is InChI=1S/C18H20O4S/c1-2-21-16-9-11-18(12-10-16)23(19,20)22-17-8-7-14-5-3-4-6-15(14)13-17/h7-13H,2-6H2,1H3. The van der Waals surface area contributed by atoms with Crippen LogP contribution >= 0.6 is 0 Å². The van der Waals surface area contributed by atoms with Gasteiger partial charge in [-0.05, 0) is 80.1 Å². The van der Waals surface area contributed by atoms with E-state index in [0.717, 1.165) is 19.3 Å². The number of aryl methyl sites for hydroxylation is 2.